The fourth-order valence-corrected chi connectivity index (χ4v) is 8.19. The van der Waals surface area contributed by atoms with Crippen molar-refractivity contribution in [2.45, 2.75) is 50.1 Å². The summed E-state index contributed by atoms with van der Waals surface area (Å²) in [5.74, 6) is 0.539. The van der Waals surface area contributed by atoms with Gasteiger partial charge < -0.3 is 15.1 Å². The number of aromatic nitrogens is 2. The molecule has 1 N–H and O–H groups in total. The summed E-state index contributed by atoms with van der Waals surface area (Å²) in [4.78, 5) is 23.9. The van der Waals surface area contributed by atoms with E-state index in [1.54, 1.807) is 11.8 Å². The monoisotopic (exact) mass is 573 g/mol. The number of anilines is 1. The fourth-order valence-electron chi connectivity index (χ4n) is 6.47. The lowest BCUT2D eigenvalue weighted by Crippen LogP contribution is -2.51. The lowest BCUT2D eigenvalue weighted by Gasteiger charge is -2.38. The molecule has 2 fully saturated rings. The predicted molar refractivity (Wildman–Crippen MR) is 155 cm³/mol. The molecule has 6 rings (SSSR count). The molecule has 0 unspecified atom stereocenters. The summed E-state index contributed by atoms with van der Waals surface area (Å²) in [6.45, 7) is 9.86. The van der Waals surface area contributed by atoms with Crippen molar-refractivity contribution in [1.82, 2.24) is 19.8 Å². The fraction of sp³-hybridized carbons (Fsp3) is 0.517. The van der Waals surface area contributed by atoms with Crippen LogP contribution in [0.3, 0.4) is 0 Å². The molecular weight excluding hydrogens is 540 g/mol. The molecular formula is C29H34ClF2N5OS. The van der Waals surface area contributed by atoms with Gasteiger partial charge in [-0.25, -0.2) is 13.6 Å². The molecule has 0 radical (unpaired) electrons. The van der Waals surface area contributed by atoms with Gasteiger partial charge in [0.25, 0.3) is 0 Å². The number of halogens is 3. The Bertz CT molecular complexity index is 1460. The van der Waals surface area contributed by atoms with E-state index in [1.165, 1.54) is 12.1 Å². The first-order valence-electron chi connectivity index (χ1n) is 13.9. The summed E-state index contributed by atoms with van der Waals surface area (Å²) in [5, 5.41) is 4.58. The molecule has 0 amide bonds. The third-order valence-electron chi connectivity index (χ3n) is 8.62. The third kappa shape index (κ3) is 4.96. The highest BCUT2D eigenvalue weighted by atomic mass is 35.5. The van der Waals surface area contributed by atoms with Crippen LogP contribution in [-0.2, 0) is 0 Å². The Labute approximate surface area is 236 Å². The molecule has 2 saturated heterocycles. The number of piperidine rings is 1. The molecule has 0 aliphatic carbocycles. The van der Waals surface area contributed by atoms with Gasteiger partial charge in [-0.15, -0.1) is 11.8 Å². The van der Waals surface area contributed by atoms with Crippen LogP contribution in [0, 0.1) is 17.6 Å². The van der Waals surface area contributed by atoms with Crippen molar-refractivity contribution < 1.29 is 8.78 Å². The van der Waals surface area contributed by atoms with Crippen molar-refractivity contribution >= 4 is 40.1 Å². The van der Waals surface area contributed by atoms with Crippen molar-refractivity contribution in [2.75, 3.05) is 49.9 Å². The molecule has 4 heterocycles. The molecule has 0 bridgehead atoms. The number of benzene rings is 2. The number of rotatable bonds is 5. The van der Waals surface area contributed by atoms with E-state index in [1.807, 2.05) is 10.6 Å². The lowest BCUT2D eigenvalue weighted by atomic mass is 9.90. The Kier molecular flexibility index (Phi) is 7.61. The van der Waals surface area contributed by atoms with Crippen molar-refractivity contribution in [3.05, 3.63) is 51.4 Å². The van der Waals surface area contributed by atoms with Crippen LogP contribution in [0.4, 0.5) is 14.6 Å². The average Bonchev–Trinajstić information content (AvgIpc) is 2.92. The molecule has 208 valence electrons. The summed E-state index contributed by atoms with van der Waals surface area (Å²) in [6.07, 6.45) is 3.15. The van der Waals surface area contributed by atoms with Gasteiger partial charge in [0.2, 0.25) is 0 Å². The van der Waals surface area contributed by atoms with Crippen LogP contribution in [0.25, 0.3) is 22.0 Å². The molecule has 0 spiro atoms. The quantitative estimate of drug-likeness (QED) is 0.431. The normalized spacial score (nSPS) is 22.5. The molecule has 10 heteroatoms. The highest BCUT2D eigenvalue weighted by Crippen LogP contribution is 2.49. The standard InChI is InChI=1S/C29H34ClF2N5OS/c1-3-35-9-6-18(7-10-35)12-20-16-39-27-25(21-5-4-19(31)13-24(21)32)23(30)14-22-26(27)37(20)29(38)34-28(22)36-11-8-33-15-17(36)2/h4-5,13-14,17-18,20,33H,3,6-12,15-16H2,1-2H3/t17-,20-/m0/s1. The molecule has 3 aliphatic rings. The Balaban J connectivity index is 1.53. The molecule has 39 heavy (non-hydrogen) atoms. The van der Waals surface area contributed by atoms with Crippen LogP contribution in [0.5, 0.6) is 0 Å². The van der Waals surface area contributed by atoms with Gasteiger partial charge in [-0.1, -0.05) is 18.5 Å². The first-order valence-corrected chi connectivity index (χ1v) is 15.3. The lowest BCUT2D eigenvalue weighted by molar-refractivity contribution is 0.176. The second-order valence-corrected chi connectivity index (χ2v) is 12.4. The number of piperazine rings is 1. The van der Waals surface area contributed by atoms with E-state index < -0.39 is 11.6 Å². The van der Waals surface area contributed by atoms with Crippen molar-refractivity contribution in [3.8, 4) is 11.1 Å². The minimum absolute atomic E-state index is 0.00948. The Hall–Kier alpha value is -2.20. The number of nitrogens with one attached hydrogen (secondary N) is 1. The minimum atomic E-state index is -0.670. The summed E-state index contributed by atoms with van der Waals surface area (Å²) < 4.78 is 30.7. The smallest absolute Gasteiger partial charge is 0.350 e. The SMILES string of the molecule is CCN1CCC(C[C@H]2CSc3c(-c4ccc(F)cc4F)c(Cl)cc4c(N5CCNC[C@@H]5C)nc(=O)n2c34)CC1. The van der Waals surface area contributed by atoms with Crippen molar-refractivity contribution in [2.24, 2.45) is 5.92 Å². The summed E-state index contributed by atoms with van der Waals surface area (Å²) in [5.41, 5.74) is 1.25. The maximum absolute atomic E-state index is 15.1. The van der Waals surface area contributed by atoms with E-state index in [4.69, 9.17) is 11.6 Å². The van der Waals surface area contributed by atoms with Gasteiger partial charge in [0.15, 0.2) is 0 Å². The zero-order valence-electron chi connectivity index (χ0n) is 22.4. The van der Waals surface area contributed by atoms with Crippen LogP contribution >= 0.6 is 23.4 Å². The van der Waals surface area contributed by atoms with Crippen LogP contribution in [-0.4, -0.2) is 65.5 Å². The number of hydrogen-bond acceptors (Lipinski definition) is 6. The largest absolute Gasteiger partial charge is 0.351 e. The zero-order valence-corrected chi connectivity index (χ0v) is 23.9. The highest BCUT2D eigenvalue weighted by Gasteiger charge is 2.34. The topological polar surface area (TPSA) is 53.4 Å². The number of hydrogen-bond donors (Lipinski definition) is 1. The molecule has 1 aromatic heterocycles. The molecule has 3 aromatic rings. The van der Waals surface area contributed by atoms with E-state index in [0.717, 1.165) is 80.4 Å². The third-order valence-corrected chi connectivity index (χ3v) is 10.2. The number of nitrogens with zero attached hydrogens (tertiary/aromatic N) is 4. The predicted octanol–water partition coefficient (Wildman–Crippen LogP) is 5.56. The summed E-state index contributed by atoms with van der Waals surface area (Å²) in [7, 11) is 0. The Morgan fingerprint density at radius 3 is 2.69 bits per heavy atom. The van der Waals surface area contributed by atoms with Crippen LogP contribution in [0.2, 0.25) is 5.02 Å². The maximum atomic E-state index is 15.1. The van der Waals surface area contributed by atoms with Crippen molar-refractivity contribution in [3.63, 3.8) is 0 Å². The van der Waals surface area contributed by atoms with E-state index in [9.17, 15) is 9.18 Å². The van der Waals surface area contributed by atoms with Crippen LogP contribution in [0.15, 0.2) is 34.0 Å². The molecule has 0 saturated carbocycles. The van der Waals surface area contributed by atoms with Crippen LogP contribution < -0.4 is 15.9 Å². The van der Waals surface area contributed by atoms with Gasteiger partial charge in [-0.2, -0.15) is 4.98 Å². The Morgan fingerprint density at radius 1 is 1.18 bits per heavy atom. The summed E-state index contributed by atoms with van der Waals surface area (Å²) in [6, 6.07) is 5.54. The van der Waals surface area contributed by atoms with Crippen molar-refractivity contribution in [1.29, 1.82) is 0 Å². The van der Waals surface area contributed by atoms with Gasteiger partial charge >= 0.3 is 5.69 Å². The van der Waals surface area contributed by atoms with E-state index >= 15 is 4.39 Å². The second-order valence-electron chi connectivity index (χ2n) is 11.0. The Morgan fingerprint density at radius 2 is 1.97 bits per heavy atom. The second kappa shape index (κ2) is 11.0. The molecule has 2 atom stereocenters. The van der Waals surface area contributed by atoms with Gasteiger partial charge in [-0.3, -0.25) is 4.57 Å². The number of likely N-dealkylation sites (tertiary alicyclic amines) is 1. The minimum Gasteiger partial charge on any atom is -0.351 e. The molecule has 3 aliphatic heterocycles. The first-order chi connectivity index (χ1) is 18.9. The van der Waals surface area contributed by atoms with Gasteiger partial charge in [-0.05, 0) is 69.9 Å². The highest BCUT2D eigenvalue weighted by molar-refractivity contribution is 7.99. The first kappa shape index (κ1) is 27.0. The maximum Gasteiger partial charge on any atom is 0.350 e. The zero-order chi connectivity index (χ0) is 27.3. The summed E-state index contributed by atoms with van der Waals surface area (Å²) >= 11 is 8.51. The van der Waals surface area contributed by atoms with E-state index in [0.29, 0.717) is 28.1 Å². The van der Waals surface area contributed by atoms with E-state index in [-0.39, 0.29) is 23.3 Å². The van der Waals surface area contributed by atoms with Gasteiger partial charge in [0.1, 0.15) is 17.5 Å². The number of thioether (sulfide) groups is 1. The average molecular weight is 574 g/mol. The molecule has 2 aromatic carbocycles. The van der Waals surface area contributed by atoms with E-state index in [2.05, 4.69) is 33.9 Å². The van der Waals surface area contributed by atoms with Gasteiger partial charge in [0.05, 0.1) is 10.5 Å². The molecule has 6 nitrogen and oxygen atoms in total. The van der Waals surface area contributed by atoms with Crippen LogP contribution in [0.1, 0.15) is 39.2 Å². The van der Waals surface area contributed by atoms with Gasteiger partial charge in [0, 0.05) is 64.9 Å².